The van der Waals surface area contributed by atoms with Crippen molar-refractivity contribution in [1.82, 2.24) is 0 Å². The van der Waals surface area contributed by atoms with Crippen LogP contribution >= 0.6 is 0 Å². The molecule has 0 unspecified atom stereocenters. The van der Waals surface area contributed by atoms with Crippen LogP contribution < -0.4 is 6.54 Å². The predicted molar refractivity (Wildman–Crippen MR) is 197 cm³/mol. The van der Waals surface area contributed by atoms with Crippen LogP contribution in [0.5, 0.6) is 0 Å². The SMILES string of the molecule is CC(C)c1cc(-c2ccccc2)cc(C(C)C)[c]1[Bi]1[C](c2cccc3c2oc2cc(-c4ccccc4)ccc23)=Nc2cccc[c]21. The van der Waals surface area contributed by atoms with Crippen LogP contribution in [0.2, 0.25) is 0 Å². The van der Waals surface area contributed by atoms with Gasteiger partial charge in [0.25, 0.3) is 0 Å². The first-order valence-corrected chi connectivity index (χ1v) is 21.4. The molecule has 0 saturated carbocycles. The Morgan fingerprint density at radius 1 is 0.543 bits per heavy atom. The van der Waals surface area contributed by atoms with Crippen LogP contribution in [0, 0.1) is 0 Å². The van der Waals surface area contributed by atoms with Gasteiger partial charge in [-0.1, -0.05) is 0 Å². The van der Waals surface area contributed by atoms with Crippen LogP contribution in [-0.2, 0) is 0 Å². The van der Waals surface area contributed by atoms with Gasteiger partial charge in [-0.3, -0.25) is 0 Å². The van der Waals surface area contributed by atoms with Crippen molar-refractivity contribution in [3.05, 3.63) is 150 Å². The van der Waals surface area contributed by atoms with Crippen molar-refractivity contribution in [3.8, 4) is 22.3 Å². The summed E-state index contributed by atoms with van der Waals surface area (Å²) in [6, 6.07) is 48.5. The Kier molecular flexibility index (Phi) is 7.46. The molecule has 0 N–H and O–H groups in total. The van der Waals surface area contributed by atoms with Crippen molar-refractivity contribution in [2.24, 2.45) is 4.99 Å². The molecule has 1 aromatic heterocycles. The van der Waals surface area contributed by atoms with Crippen molar-refractivity contribution < 1.29 is 4.42 Å². The van der Waals surface area contributed by atoms with Crippen LogP contribution in [0.25, 0.3) is 44.2 Å². The molecule has 224 valence electrons. The molecule has 0 amide bonds. The van der Waals surface area contributed by atoms with E-state index in [-0.39, 0.29) is 0 Å². The topological polar surface area (TPSA) is 25.5 Å². The molecule has 0 fully saturated rings. The number of fused-ring (bicyclic) bond motifs is 4. The molecule has 0 aliphatic carbocycles. The van der Waals surface area contributed by atoms with Gasteiger partial charge < -0.3 is 0 Å². The fourth-order valence-corrected chi connectivity index (χ4v) is 18.7. The Hall–Kier alpha value is -4.33. The van der Waals surface area contributed by atoms with E-state index in [0.29, 0.717) is 11.8 Å². The van der Waals surface area contributed by atoms with Crippen LogP contribution in [0.1, 0.15) is 56.2 Å². The fourth-order valence-electron chi connectivity index (χ4n) is 6.83. The molecule has 7 aromatic rings. The minimum absolute atomic E-state index is 0.388. The second-order valence-electron chi connectivity index (χ2n) is 12.8. The maximum atomic E-state index is 6.83. The van der Waals surface area contributed by atoms with Crippen molar-refractivity contribution in [2.75, 3.05) is 0 Å². The molecule has 2 nitrogen and oxygen atoms in total. The molecule has 0 spiro atoms. The summed E-state index contributed by atoms with van der Waals surface area (Å²) in [6.45, 7) is 9.41. The molecule has 3 heteroatoms. The second kappa shape index (κ2) is 11.8. The van der Waals surface area contributed by atoms with Crippen LogP contribution in [0.3, 0.4) is 0 Å². The summed E-state index contributed by atoms with van der Waals surface area (Å²) in [6.07, 6.45) is 0. The molecular weight excluding hydrogens is 755 g/mol. The van der Waals surface area contributed by atoms with Crippen molar-refractivity contribution in [2.45, 2.75) is 39.5 Å². The molecule has 0 bridgehead atoms. The van der Waals surface area contributed by atoms with Gasteiger partial charge in [0, 0.05) is 0 Å². The van der Waals surface area contributed by atoms with Gasteiger partial charge in [-0.05, 0) is 0 Å². The Morgan fingerprint density at radius 2 is 1.17 bits per heavy atom. The normalized spacial score (nSPS) is 13.2. The van der Waals surface area contributed by atoms with Gasteiger partial charge in [0.1, 0.15) is 0 Å². The van der Waals surface area contributed by atoms with E-state index in [1.54, 1.807) is 3.27 Å². The molecule has 8 rings (SSSR count). The predicted octanol–water partition coefficient (Wildman–Crippen LogP) is 10.4. The van der Waals surface area contributed by atoms with Gasteiger partial charge in [0.05, 0.1) is 0 Å². The van der Waals surface area contributed by atoms with E-state index in [4.69, 9.17) is 9.41 Å². The average Bonchev–Trinajstić information content (AvgIpc) is 3.66. The molecule has 0 saturated heterocycles. The summed E-state index contributed by atoms with van der Waals surface area (Å²) in [7, 11) is 0. The standard InChI is InChI=1S/C25H15NO.C18H21.Bi/c1-3-8-18(9-4-1)19-14-15-22-23-13-7-10-20(25(23)27-24(22)16-19)17-26-21-11-5-2-6-12-21;1-13(2)16-10-17(14(3)4)12-18(11-16)15-8-6-5-7-9-15;/h1-11,13-16H;5-9,11-14H,1-4H3;. The molecule has 1 aliphatic rings. The molecular formula is C43H36BiNO. The third-order valence-corrected chi connectivity index (χ3v) is 19.2. The minimum atomic E-state index is -2.94. The van der Waals surface area contributed by atoms with Gasteiger partial charge in [-0.25, -0.2) is 0 Å². The summed E-state index contributed by atoms with van der Waals surface area (Å²) >= 11 is -2.94. The number of aliphatic imine (C=N–C) groups is 1. The summed E-state index contributed by atoms with van der Waals surface area (Å²) < 4.78 is 11.1. The number of hydrogen-bond donors (Lipinski definition) is 0. The number of nitrogens with zero attached hydrogens (tertiary/aromatic N) is 1. The number of benzene rings is 6. The van der Waals surface area contributed by atoms with E-state index in [9.17, 15) is 0 Å². The number of para-hydroxylation sites is 2. The van der Waals surface area contributed by atoms with Gasteiger partial charge in [0.2, 0.25) is 0 Å². The number of rotatable bonds is 6. The molecule has 0 radical (unpaired) electrons. The van der Waals surface area contributed by atoms with E-state index >= 15 is 0 Å². The van der Waals surface area contributed by atoms with E-state index in [1.807, 2.05) is 0 Å². The summed E-state index contributed by atoms with van der Waals surface area (Å²) in [5, 5.41) is 2.30. The van der Waals surface area contributed by atoms with E-state index in [2.05, 4.69) is 161 Å². The van der Waals surface area contributed by atoms with Gasteiger partial charge in [0.15, 0.2) is 0 Å². The maximum absolute atomic E-state index is 6.83. The summed E-state index contributed by atoms with van der Waals surface area (Å²) in [5.41, 5.74) is 12.0. The molecule has 1 aliphatic heterocycles. The van der Waals surface area contributed by atoms with Gasteiger partial charge in [-0.15, -0.1) is 0 Å². The molecule has 6 aromatic carbocycles. The zero-order chi connectivity index (χ0) is 31.4. The zero-order valence-electron chi connectivity index (χ0n) is 26.7. The second-order valence-corrected chi connectivity index (χ2v) is 20.7. The first-order chi connectivity index (χ1) is 22.5. The Labute approximate surface area is 279 Å². The van der Waals surface area contributed by atoms with Crippen LogP contribution in [0.15, 0.2) is 143 Å². The van der Waals surface area contributed by atoms with E-state index in [1.165, 1.54) is 34.5 Å². The third kappa shape index (κ3) is 4.93. The first-order valence-electron chi connectivity index (χ1n) is 16.2. The number of hydrogen-bond acceptors (Lipinski definition) is 2. The monoisotopic (exact) mass is 791 g/mol. The quantitative estimate of drug-likeness (QED) is 0.154. The van der Waals surface area contributed by atoms with Gasteiger partial charge in [-0.2, -0.15) is 0 Å². The van der Waals surface area contributed by atoms with Crippen LogP contribution in [-0.4, -0.2) is 25.2 Å². The van der Waals surface area contributed by atoms with Crippen molar-refractivity contribution in [3.63, 3.8) is 0 Å². The fraction of sp³-hybridized carbons (Fsp3) is 0.140. The Bertz CT molecular complexity index is 2230. The molecule has 0 atom stereocenters. The molecule has 46 heavy (non-hydrogen) atoms. The summed E-state index contributed by atoms with van der Waals surface area (Å²) in [4.78, 5) is 5.49. The first kappa shape index (κ1) is 29.1. The Balaban J connectivity index is 1.36. The van der Waals surface area contributed by atoms with Gasteiger partial charge >= 0.3 is 281 Å². The zero-order valence-corrected chi connectivity index (χ0v) is 30.1. The summed E-state index contributed by atoms with van der Waals surface area (Å²) in [5.74, 6) is 0.775. The third-order valence-electron chi connectivity index (χ3n) is 9.15. The van der Waals surface area contributed by atoms with E-state index in [0.717, 1.165) is 38.8 Å². The molecule has 2 heterocycles. The number of furan rings is 1. The Morgan fingerprint density at radius 3 is 1.85 bits per heavy atom. The van der Waals surface area contributed by atoms with Crippen molar-refractivity contribution >= 4 is 59.3 Å². The van der Waals surface area contributed by atoms with Crippen LogP contribution in [0.4, 0.5) is 5.69 Å². The van der Waals surface area contributed by atoms with E-state index < -0.39 is 21.8 Å². The average molecular weight is 792 g/mol. The van der Waals surface area contributed by atoms with Crippen molar-refractivity contribution in [1.29, 1.82) is 0 Å².